The fraction of sp³-hybridized carbons (Fsp3) is 0.689. The highest BCUT2D eigenvalue weighted by Gasteiger charge is 2.38. The van der Waals surface area contributed by atoms with Crippen molar-refractivity contribution >= 4 is 46.6 Å². The number of hydrogen-bond donors (Lipinski definition) is 5. The van der Waals surface area contributed by atoms with Gasteiger partial charge in [0.2, 0.25) is 17.7 Å². The number of nitrogens with zero attached hydrogens (tertiary/aromatic N) is 3. The van der Waals surface area contributed by atoms with E-state index in [1.807, 2.05) is 57.1 Å². The van der Waals surface area contributed by atoms with Crippen LogP contribution in [-0.2, 0) is 25.6 Å². The van der Waals surface area contributed by atoms with Crippen molar-refractivity contribution < 1.29 is 29.1 Å². The zero-order valence-electron chi connectivity index (χ0n) is 37.4. The first-order valence-electron chi connectivity index (χ1n) is 21.8. The van der Waals surface area contributed by atoms with Crippen LogP contribution in [0.15, 0.2) is 29.6 Å². The summed E-state index contributed by atoms with van der Waals surface area (Å²) in [6.07, 6.45) is 8.34. The van der Waals surface area contributed by atoms with Gasteiger partial charge in [-0.25, -0.2) is 4.98 Å². The highest BCUT2D eigenvalue weighted by Crippen LogP contribution is 2.30. The van der Waals surface area contributed by atoms with E-state index in [0.717, 1.165) is 62.7 Å². The molecule has 0 saturated carbocycles. The molecule has 13 nitrogen and oxygen atoms in total. The Morgan fingerprint density at radius 3 is 2.27 bits per heavy atom. The van der Waals surface area contributed by atoms with Crippen LogP contribution in [0, 0.1) is 17.3 Å². The minimum Gasteiger partial charge on any atom is -0.481 e. The number of nitrogens with one attached hydrogen (secondary N) is 4. The summed E-state index contributed by atoms with van der Waals surface area (Å²) in [6.45, 7) is 16.4. The van der Waals surface area contributed by atoms with Gasteiger partial charge < -0.3 is 31.3 Å². The molecule has 4 amide bonds. The quantitative estimate of drug-likeness (QED) is 0.0696. The van der Waals surface area contributed by atoms with Crippen molar-refractivity contribution in [3.8, 4) is 0 Å². The average Bonchev–Trinajstić information content (AvgIpc) is 3.69. The molecule has 0 unspecified atom stereocenters. The molecule has 0 radical (unpaired) electrons. The molecule has 1 saturated heterocycles. The summed E-state index contributed by atoms with van der Waals surface area (Å²) in [5, 5.41) is 24.5. The number of aliphatic carboxylic acids is 1. The Morgan fingerprint density at radius 2 is 1.69 bits per heavy atom. The molecule has 5 N–H and O–H groups in total. The molecule has 1 fully saturated rings. The molecule has 1 aromatic heterocycles. The summed E-state index contributed by atoms with van der Waals surface area (Å²) < 4.78 is 0. The maximum absolute atomic E-state index is 14.9. The van der Waals surface area contributed by atoms with Crippen molar-refractivity contribution in [1.82, 2.24) is 30.7 Å². The van der Waals surface area contributed by atoms with Gasteiger partial charge in [0.1, 0.15) is 16.7 Å². The largest absolute Gasteiger partial charge is 0.481 e. The number of aromatic nitrogens is 1. The number of carboxylic acid groups (broad SMARTS) is 1. The Hall–Kier alpha value is -4.04. The number of carboxylic acids is 1. The molecule has 1 aliphatic rings. The number of thiazole rings is 1. The van der Waals surface area contributed by atoms with E-state index in [1.54, 1.807) is 19.2 Å². The van der Waals surface area contributed by atoms with Crippen molar-refractivity contribution in [3.05, 3.63) is 45.9 Å². The molecule has 14 heteroatoms. The van der Waals surface area contributed by atoms with Gasteiger partial charge in [-0.05, 0) is 95.5 Å². The average molecular weight is 840 g/mol. The van der Waals surface area contributed by atoms with Crippen molar-refractivity contribution in [3.63, 3.8) is 0 Å². The molecule has 330 valence electrons. The third-order valence-electron chi connectivity index (χ3n) is 11.9. The van der Waals surface area contributed by atoms with E-state index in [-0.39, 0.29) is 53.8 Å². The van der Waals surface area contributed by atoms with Crippen LogP contribution in [-0.4, -0.2) is 101 Å². The number of piperidine rings is 1. The van der Waals surface area contributed by atoms with E-state index in [2.05, 4.69) is 46.9 Å². The van der Waals surface area contributed by atoms with E-state index in [1.165, 1.54) is 18.3 Å². The molecule has 6 atom stereocenters. The van der Waals surface area contributed by atoms with Crippen LogP contribution in [0.2, 0.25) is 0 Å². The fourth-order valence-corrected chi connectivity index (χ4v) is 8.78. The summed E-state index contributed by atoms with van der Waals surface area (Å²) in [7, 11) is 3.80. The smallest absolute Gasteiger partial charge is 0.309 e. The molecular formula is C45H73N7O6S. The lowest BCUT2D eigenvalue weighted by atomic mass is 9.84. The molecule has 0 spiro atoms. The van der Waals surface area contributed by atoms with Gasteiger partial charge in [0, 0.05) is 43.7 Å². The van der Waals surface area contributed by atoms with Crippen LogP contribution < -0.4 is 21.3 Å². The lowest BCUT2D eigenvalue weighted by Crippen LogP contribution is -2.59. The monoisotopic (exact) mass is 840 g/mol. The first-order valence-corrected chi connectivity index (χ1v) is 22.6. The van der Waals surface area contributed by atoms with E-state index < -0.39 is 35.4 Å². The van der Waals surface area contributed by atoms with Crippen molar-refractivity contribution in [2.75, 3.05) is 32.5 Å². The molecular weight excluding hydrogens is 767 g/mol. The Morgan fingerprint density at radius 1 is 1.00 bits per heavy atom. The molecule has 1 aromatic carbocycles. The van der Waals surface area contributed by atoms with Crippen LogP contribution in [0.5, 0.6) is 0 Å². The zero-order valence-corrected chi connectivity index (χ0v) is 38.2. The minimum absolute atomic E-state index is 0.0117. The van der Waals surface area contributed by atoms with Crippen LogP contribution >= 0.6 is 11.3 Å². The number of likely N-dealkylation sites (tertiary alicyclic amines) is 1. The van der Waals surface area contributed by atoms with E-state index in [9.17, 15) is 29.1 Å². The number of carbonyl (C=O) groups is 5. The Kier molecular flexibility index (Phi) is 19.8. The minimum atomic E-state index is -1.10. The van der Waals surface area contributed by atoms with Gasteiger partial charge in [0.15, 0.2) is 0 Å². The van der Waals surface area contributed by atoms with Crippen LogP contribution in [0.25, 0.3) is 0 Å². The third kappa shape index (κ3) is 14.9. The second-order valence-electron chi connectivity index (χ2n) is 17.5. The van der Waals surface area contributed by atoms with Gasteiger partial charge in [-0.3, -0.25) is 28.9 Å². The first kappa shape index (κ1) is 49.3. The van der Waals surface area contributed by atoms with Crippen LogP contribution in [0.4, 0.5) is 5.69 Å². The van der Waals surface area contributed by atoms with Crippen molar-refractivity contribution in [2.45, 2.75) is 156 Å². The first-order chi connectivity index (χ1) is 27.9. The van der Waals surface area contributed by atoms with Gasteiger partial charge in [-0.15, -0.1) is 11.3 Å². The van der Waals surface area contributed by atoms with Crippen molar-refractivity contribution in [1.29, 1.82) is 0 Å². The highest BCUT2D eigenvalue weighted by molar-refractivity contribution is 7.09. The lowest BCUT2D eigenvalue weighted by Gasteiger charge is -2.40. The van der Waals surface area contributed by atoms with E-state index >= 15 is 0 Å². The number of unbranched alkanes of at least 4 members (excludes halogenated alkanes) is 3. The molecule has 59 heavy (non-hydrogen) atoms. The normalized spacial score (nSPS) is 17.3. The second kappa shape index (κ2) is 23.7. The maximum atomic E-state index is 14.9. The predicted octanol–water partition coefficient (Wildman–Crippen LogP) is 7.04. The van der Waals surface area contributed by atoms with E-state index in [0.29, 0.717) is 30.8 Å². The molecule has 0 bridgehead atoms. The van der Waals surface area contributed by atoms with Gasteiger partial charge in [0.25, 0.3) is 5.91 Å². The van der Waals surface area contributed by atoms with Crippen LogP contribution in [0.1, 0.15) is 147 Å². The fourth-order valence-electron chi connectivity index (χ4n) is 7.91. The number of carbonyl (C=O) groups excluding carboxylic acids is 4. The summed E-state index contributed by atoms with van der Waals surface area (Å²) in [5.41, 5.74) is 0.966. The summed E-state index contributed by atoms with van der Waals surface area (Å²) in [6, 6.07) is 5.39. The molecule has 1 aliphatic heterocycles. The SMILES string of the molecule is CCCCCCN(C(=O)[C@@H](NC(=O)[C@H]1CCCCN1C)[C@@H](C)CC)[C@H](C[C@@H](NC(C)=O)c1nc(C(=O)N[C@@H](Cc2ccc(NC)cc2)CC(C)(C)C(=O)O)cs1)C(C)C. The van der Waals surface area contributed by atoms with Gasteiger partial charge in [-0.1, -0.05) is 78.9 Å². The number of hydrogen-bond acceptors (Lipinski definition) is 9. The number of amides is 4. The van der Waals surface area contributed by atoms with Crippen molar-refractivity contribution in [2.24, 2.45) is 17.3 Å². The van der Waals surface area contributed by atoms with Gasteiger partial charge in [0.05, 0.1) is 17.5 Å². The molecule has 2 heterocycles. The summed E-state index contributed by atoms with van der Waals surface area (Å²) in [4.78, 5) is 76.2. The van der Waals surface area contributed by atoms with E-state index in [4.69, 9.17) is 4.98 Å². The highest BCUT2D eigenvalue weighted by atomic mass is 32.1. The maximum Gasteiger partial charge on any atom is 0.309 e. The molecule has 0 aliphatic carbocycles. The van der Waals surface area contributed by atoms with Gasteiger partial charge in [-0.2, -0.15) is 0 Å². The van der Waals surface area contributed by atoms with Crippen LogP contribution in [0.3, 0.4) is 0 Å². The standard InChI is InChI=1S/C45H73N7O6S/c1-11-13-14-16-24-52(43(56)39(30(5)12-2)50-41(55)37-18-15-17-23-51(37)10)38(29(3)4)26-35(47-31(6)53)42-49-36(28-59-42)40(54)48-34(27-45(7,8)44(57)58)25-32-19-21-33(46-9)22-20-32/h19-22,28-30,34-35,37-39,46H,11-18,23-27H2,1-10H3,(H,47,53)(H,48,54)(H,50,55)(H,57,58)/t30-,34-,35+,37+,38+,39-/m0/s1. The number of rotatable bonds is 24. The molecule has 3 rings (SSSR count). The number of likely N-dealkylation sites (N-methyl/N-ethyl adjacent to an activating group) is 1. The predicted molar refractivity (Wildman–Crippen MR) is 236 cm³/mol. The number of anilines is 1. The third-order valence-corrected chi connectivity index (χ3v) is 12.8. The second-order valence-corrected chi connectivity index (χ2v) is 18.4. The number of benzene rings is 1. The zero-order chi connectivity index (χ0) is 43.9. The summed E-state index contributed by atoms with van der Waals surface area (Å²) in [5.74, 6) is -1.99. The Labute approximate surface area is 357 Å². The topological polar surface area (TPSA) is 173 Å². The summed E-state index contributed by atoms with van der Waals surface area (Å²) >= 11 is 1.27. The Bertz CT molecular complexity index is 1660. The Balaban J connectivity index is 1.94. The molecule has 2 aromatic rings. The lowest BCUT2D eigenvalue weighted by molar-refractivity contribution is -0.147. The van der Waals surface area contributed by atoms with Gasteiger partial charge >= 0.3 is 5.97 Å².